The van der Waals surface area contributed by atoms with Crippen LogP contribution in [0.3, 0.4) is 0 Å². The van der Waals surface area contributed by atoms with Gasteiger partial charge in [0, 0.05) is 0 Å². The highest BCUT2D eigenvalue weighted by Gasteiger charge is 2.22. The largest absolute Gasteiger partial charge is 0.274 e. The Balaban J connectivity index is 2.35. The Hall–Kier alpha value is -0.830. The second kappa shape index (κ2) is 3.73. The molecular formula is C10H13ClN2O. The Bertz CT molecular complexity index is 353. The van der Waals surface area contributed by atoms with Crippen molar-refractivity contribution in [2.75, 3.05) is 0 Å². The van der Waals surface area contributed by atoms with Crippen LogP contribution in [0.15, 0.2) is 6.07 Å². The van der Waals surface area contributed by atoms with Gasteiger partial charge in [-0.15, -0.1) is 0 Å². The number of hydrogen-bond acceptors (Lipinski definition) is 2. The lowest BCUT2D eigenvalue weighted by Gasteiger charge is -2.11. The van der Waals surface area contributed by atoms with Gasteiger partial charge in [-0.1, -0.05) is 12.8 Å². The van der Waals surface area contributed by atoms with Gasteiger partial charge < -0.3 is 0 Å². The van der Waals surface area contributed by atoms with Crippen molar-refractivity contribution in [3.8, 4) is 0 Å². The van der Waals surface area contributed by atoms with Crippen LogP contribution in [0.1, 0.15) is 47.9 Å². The highest BCUT2D eigenvalue weighted by Crippen LogP contribution is 2.30. The first-order chi connectivity index (χ1) is 6.68. The lowest BCUT2D eigenvalue weighted by Crippen LogP contribution is -2.12. The van der Waals surface area contributed by atoms with Gasteiger partial charge in [0.25, 0.3) is 5.24 Å². The fourth-order valence-electron chi connectivity index (χ4n) is 2.09. The lowest BCUT2D eigenvalue weighted by atomic mass is 10.2. The van der Waals surface area contributed by atoms with Crippen LogP contribution in [-0.4, -0.2) is 15.0 Å². The summed E-state index contributed by atoms with van der Waals surface area (Å²) in [7, 11) is 0. The first-order valence-electron chi connectivity index (χ1n) is 4.94. The molecule has 1 heterocycles. The predicted octanol–water partition coefficient (Wildman–Crippen LogP) is 2.69. The first kappa shape index (κ1) is 9.71. The molecule has 1 fully saturated rings. The molecule has 3 nitrogen and oxygen atoms in total. The smallest absolute Gasteiger partial charge is 0.270 e. The minimum atomic E-state index is -0.405. The number of aryl methyl sites for hydroxylation is 1. The molecule has 1 aromatic heterocycles. The quantitative estimate of drug-likeness (QED) is 0.707. The summed E-state index contributed by atoms with van der Waals surface area (Å²) in [6, 6.07) is 2.13. The van der Waals surface area contributed by atoms with Gasteiger partial charge in [0.1, 0.15) is 5.69 Å². The molecule has 1 saturated carbocycles. The third-order valence-corrected chi connectivity index (χ3v) is 2.92. The van der Waals surface area contributed by atoms with Crippen LogP contribution in [0.25, 0.3) is 0 Å². The number of carbonyl (C=O) groups excluding carboxylic acids is 1. The number of rotatable bonds is 2. The van der Waals surface area contributed by atoms with Crippen LogP contribution in [0.5, 0.6) is 0 Å². The number of carbonyl (C=O) groups is 1. The Labute approximate surface area is 88.1 Å². The van der Waals surface area contributed by atoms with E-state index in [-0.39, 0.29) is 0 Å². The van der Waals surface area contributed by atoms with Gasteiger partial charge in [-0.05, 0) is 37.4 Å². The molecule has 1 aliphatic carbocycles. The van der Waals surface area contributed by atoms with E-state index in [0.29, 0.717) is 11.7 Å². The van der Waals surface area contributed by atoms with Crippen molar-refractivity contribution in [3.05, 3.63) is 17.5 Å². The van der Waals surface area contributed by atoms with E-state index in [1.807, 2.05) is 6.92 Å². The van der Waals surface area contributed by atoms with Crippen molar-refractivity contribution >= 4 is 16.8 Å². The second-order valence-corrected chi connectivity index (χ2v) is 4.17. The van der Waals surface area contributed by atoms with Crippen LogP contribution in [0.4, 0.5) is 0 Å². The van der Waals surface area contributed by atoms with E-state index in [0.717, 1.165) is 18.5 Å². The van der Waals surface area contributed by atoms with E-state index in [9.17, 15) is 4.79 Å². The second-order valence-electron chi connectivity index (χ2n) is 3.83. The van der Waals surface area contributed by atoms with Crippen molar-refractivity contribution in [2.24, 2.45) is 0 Å². The number of aromatic nitrogens is 2. The normalized spacial score (nSPS) is 17.6. The minimum absolute atomic E-state index is 0.376. The molecule has 0 N–H and O–H groups in total. The third-order valence-electron chi connectivity index (χ3n) is 2.73. The molecule has 1 aromatic rings. The van der Waals surface area contributed by atoms with Gasteiger partial charge in [0.15, 0.2) is 0 Å². The van der Waals surface area contributed by atoms with E-state index in [4.69, 9.17) is 11.6 Å². The van der Waals surface area contributed by atoms with E-state index < -0.39 is 5.24 Å². The van der Waals surface area contributed by atoms with Crippen LogP contribution in [-0.2, 0) is 0 Å². The Morgan fingerprint density at radius 3 is 2.79 bits per heavy atom. The molecule has 0 spiro atoms. The zero-order valence-corrected chi connectivity index (χ0v) is 8.92. The van der Waals surface area contributed by atoms with Crippen molar-refractivity contribution in [2.45, 2.75) is 38.6 Å². The molecule has 0 radical (unpaired) electrons. The van der Waals surface area contributed by atoms with Gasteiger partial charge in [-0.3, -0.25) is 9.48 Å². The lowest BCUT2D eigenvalue weighted by molar-refractivity contribution is 0.106. The van der Waals surface area contributed by atoms with Crippen molar-refractivity contribution in [1.29, 1.82) is 0 Å². The SMILES string of the molecule is Cc1cc(C(=O)Cl)n(C2CCCC2)n1. The summed E-state index contributed by atoms with van der Waals surface area (Å²) in [4.78, 5) is 11.1. The maximum absolute atomic E-state index is 11.1. The highest BCUT2D eigenvalue weighted by molar-refractivity contribution is 6.67. The summed E-state index contributed by atoms with van der Waals surface area (Å²) in [5.41, 5.74) is 1.40. The Morgan fingerprint density at radius 2 is 2.21 bits per heavy atom. The Kier molecular flexibility index (Phi) is 2.59. The first-order valence-corrected chi connectivity index (χ1v) is 5.32. The molecule has 4 heteroatoms. The number of halogens is 1. The zero-order valence-electron chi connectivity index (χ0n) is 8.16. The maximum atomic E-state index is 11.1. The molecular weight excluding hydrogens is 200 g/mol. The molecule has 0 atom stereocenters. The van der Waals surface area contributed by atoms with Gasteiger partial charge >= 0.3 is 0 Å². The average molecular weight is 213 g/mol. The van der Waals surface area contributed by atoms with Crippen molar-refractivity contribution in [3.63, 3.8) is 0 Å². The predicted molar refractivity (Wildman–Crippen MR) is 54.7 cm³/mol. The molecule has 0 bridgehead atoms. The monoisotopic (exact) mass is 212 g/mol. The summed E-state index contributed by atoms with van der Waals surface area (Å²) in [5.74, 6) is 0. The van der Waals surface area contributed by atoms with E-state index in [1.54, 1.807) is 10.7 Å². The van der Waals surface area contributed by atoms with Crippen LogP contribution in [0, 0.1) is 6.92 Å². The highest BCUT2D eigenvalue weighted by atomic mass is 35.5. The average Bonchev–Trinajstić information content (AvgIpc) is 2.70. The van der Waals surface area contributed by atoms with Crippen LogP contribution < -0.4 is 0 Å². The summed E-state index contributed by atoms with van der Waals surface area (Å²) in [6.07, 6.45) is 4.66. The van der Waals surface area contributed by atoms with Gasteiger partial charge in [-0.2, -0.15) is 5.10 Å². The molecule has 0 unspecified atom stereocenters. The standard InChI is InChI=1S/C10H13ClN2O/c1-7-6-9(10(11)14)13(12-7)8-4-2-3-5-8/h6,8H,2-5H2,1H3. The minimum Gasteiger partial charge on any atom is -0.274 e. The number of nitrogens with zero attached hydrogens (tertiary/aromatic N) is 2. The molecule has 14 heavy (non-hydrogen) atoms. The summed E-state index contributed by atoms with van der Waals surface area (Å²) in [6.45, 7) is 1.88. The van der Waals surface area contributed by atoms with Crippen molar-refractivity contribution < 1.29 is 4.79 Å². The summed E-state index contributed by atoms with van der Waals surface area (Å²) >= 11 is 5.50. The van der Waals surface area contributed by atoms with Gasteiger partial charge in [0.2, 0.25) is 0 Å². The maximum Gasteiger partial charge on any atom is 0.270 e. The van der Waals surface area contributed by atoms with Gasteiger partial charge in [0.05, 0.1) is 11.7 Å². The van der Waals surface area contributed by atoms with E-state index in [1.165, 1.54) is 12.8 Å². The number of hydrogen-bond donors (Lipinski definition) is 0. The molecule has 1 aliphatic rings. The van der Waals surface area contributed by atoms with Crippen molar-refractivity contribution in [1.82, 2.24) is 9.78 Å². The van der Waals surface area contributed by atoms with Crippen LogP contribution >= 0.6 is 11.6 Å². The zero-order chi connectivity index (χ0) is 10.1. The molecule has 0 saturated heterocycles. The fraction of sp³-hybridized carbons (Fsp3) is 0.600. The van der Waals surface area contributed by atoms with E-state index in [2.05, 4.69) is 5.10 Å². The molecule has 0 aromatic carbocycles. The molecule has 0 aliphatic heterocycles. The molecule has 0 amide bonds. The molecule has 2 rings (SSSR count). The summed E-state index contributed by atoms with van der Waals surface area (Å²) < 4.78 is 1.80. The van der Waals surface area contributed by atoms with E-state index >= 15 is 0 Å². The Morgan fingerprint density at radius 1 is 1.57 bits per heavy atom. The fourth-order valence-corrected chi connectivity index (χ4v) is 2.23. The third kappa shape index (κ3) is 1.69. The van der Waals surface area contributed by atoms with Gasteiger partial charge in [-0.25, -0.2) is 0 Å². The summed E-state index contributed by atoms with van der Waals surface area (Å²) in [5, 5.41) is 3.92. The van der Waals surface area contributed by atoms with Crippen LogP contribution in [0.2, 0.25) is 0 Å². The molecule has 76 valence electrons. The topological polar surface area (TPSA) is 34.9 Å².